The maximum absolute atomic E-state index is 12.6. The largest absolute Gasteiger partial charge is 0.366 e. The van der Waals surface area contributed by atoms with E-state index < -0.39 is 11.9 Å². The Morgan fingerprint density at radius 2 is 1.75 bits per heavy atom. The standard InChI is InChI=1S/C22H27N3O3/c1-14(2)19(25-21(27)18-10-5-4-7-15(18)3)22(28)24-12-11-16-8-6-9-17(13-16)20(23)26/h4-10,13-14,19H,11-12H2,1-3H3,(H2,23,26)(H,24,28)(H,25,27). The van der Waals surface area contributed by atoms with Crippen molar-refractivity contribution in [3.05, 3.63) is 70.8 Å². The Labute approximate surface area is 165 Å². The molecule has 0 aliphatic rings. The van der Waals surface area contributed by atoms with Crippen molar-refractivity contribution in [3.8, 4) is 0 Å². The van der Waals surface area contributed by atoms with E-state index in [1.54, 1.807) is 30.3 Å². The molecule has 0 heterocycles. The lowest BCUT2D eigenvalue weighted by Crippen LogP contribution is -2.50. The minimum Gasteiger partial charge on any atom is -0.366 e. The smallest absolute Gasteiger partial charge is 0.252 e. The molecule has 2 rings (SSSR count). The summed E-state index contributed by atoms with van der Waals surface area (Å²) in [6, 6.07) is 13.6. The van der Waals surface area contributed by atoms with Crippen LogP contribution in [0.15, 0.2) is 48.5 Å². The molecule has 0 saturated carbocycles. The number of nitrogens with two attached hydrogens (primary N) is 1. The maximum Gasteiger partial charge on any atom is 0.252 e. The highest BCUT2D eigenvalue weighted by Gasteiger charge is 2.24. The molecule has 6 heteroatoms. The van der Waals surface area contributed by atoms with Crippen LogP contribution in [0.25, 0.3) is 0 Å². The van der Waals surface area contributed by atoms with Gasteiger partial charge in [-0.3, -0.25) is 14.4 Å². The number of nitrogens with one attached hydrogen (secondary N) is 2. The first-order valence-corrected chi connectivity index (χ1v) is 9.32. The predicted octanol–water partition coefficient (Wildman–Crippen LogP) is 2.21. The lowest BCUT2D eigenvalue weighted by atomic mass is 10.0. The molecule has 1 unspecified atom stereocenters. The molecule has 0 saturated heterocycles. The molecule has 28 heavy (non-hydrogen) atoms. The second-order valence-corrected chi connectivity index (χ2v) is 7.12. The van der Waals surface area contributed by atoms with Crippen LogP contribution in [0, 0.1) is 12.8 Å². The van der Waals surface area contributed by atoms with Crippen molar-refractivity contribution in [3.63, 3.8) is 0 Å². The first-order valence-electron chi connectivity index (χ1n) is 9.32. The van der Waals surface area contributed by atoms with E-state index in [9.17, 15) is 14.4 Å². The van der Waals surface area contributed by atoms with E-state index in [1.807, 2.05) is 39.0 Å². The van der Waals surface area contributed by atoms with Crippen LogP contribution in [0.2, 0.25) is 0 Å². The molecular weight excluding hydrogens is 354 g/mol. The first kappa shape index (κ1) is 21.2. The molecule has 0 aromatic heterocycles. The number of carbonyl (C=O) groups is 3. The van der Waals surface area contributed by atoms with Gasteiger partial charge in [0.05, 0.1) is 0 Å². The summed E-state index contributed by atoms with van der Waals surface area (Å²) in [6.45, 7) is 6.03. The molecule has 2 aromatic carbocycles. The topological polar surface area (TPSA) is 101 Å². The van der Waals surface area contributed by atoms with Gasteiger partial charge in [0.1, 0.15) is 6.04 Å². The van der Waals surface area contributed by atoms with Crippen molar-refractivity contribution in [2.75, 3.05) is 6.54 Å². The van der Waals surface area contributed by atoms with Crippen LogP contribution in [0.1, 0.15) is 45.7 Å². The Balaban J connectivity index is 1.96. The Morgan fingerprint density at radius 3 is 2.39 bits per heavy atom. The monoisotopic (exact) mass is 381 g/mol. The number of amides is 3. The van der Waals surface area contributed by atoms with Crippen molar-refractivity contribution in [2.45, 2.75) is 33.2 Å². The molecule has 0 spiro atoms. The van der Waals surface area contributed by atoms with Gasteiger partial charge < -0.3 is 16.4 Å². The van der Waals surface area contributed by atoms with E-state index in [2.05, 4.69) is 10.6 Å². The second kappa shape index (κ2) is 9.69. The highest BCUT2D eigenvalue weighted by Crippen LogP contribution is 2.10. The number of aryl methyl sites for hydroxylation is 1. The Bertz CT molecular complexity index is 862. The summed E-state index contributed by atoms with van der Waals surface area (Å²) in [6.07, 6.45) is 0.559. The van der Waals surface area contributed by atoms with Gasteiger partial charge in [-0.05, 0) is 48.6 Å². The summed E-state index contributed by atoms with van der Waals surface area (Å²) in [4.78, 5) is 36.4. The van der Waals surface area contributed by atoms with Crippen molar-refractivity contribution in [1.82, 2.24) is 10.6 Å². The van der Waals surface area contributed by atoms with E-state index >= 15 is 0 Å². The third-order valence-electron chi connectivity index (χ3n) is 4.55. The van der Waals surface area contributed by atoms with Crippen LogP contribution in [0.5, 0.6) is 0 Å². The summed E-state index contributed by atoms with van der Waals surface area (Å²) >= 11 is 0. The molecule has 1 atom stereocenters. The molecule has 0 fully saturated rings. The quantitative estimate of drug-likeness (QED) is 0.653. The van der Waals surface area contributed by atoms with Crippen LogP contribution < -0.4 is 16.4 Å². The van der Waals surface area contributed by atoms with Gasteiger partial charge in [-0.1, -0.05) is 44.2 Å². The van der Waals surface area contributed by atoms with Crippen LogP contribution in [0.4, 0.5) is 0 Å². The van der Waals surface area contributed by atoms with Crippen LogP contribution >= 0.6 is 0 Å². The maximum atomic E-state index is 12.6. The Kier molecular flexibility index (Phi) is 7.32. The summed E-state index contributed by atoms with van der Waals surface area (Å²) in [5.74, 6) is -1.04. The summed E-state index contributed by atoms with van der Waals surface area (Å²) in [5, 5.41) is 5.70. The molecule has 2 aromatic rings. The zero-order valence-electron chi connectivity index (χ0n) is 16.5. The van der Waals surface area contributed by atoms with E-state index in [1.165, 1.54) is 0 Å². The predicted molar refractivity (Wildman–Crippen MR) is 109 cm³/mol. The summed E-state index contributed by atoms with van der Waals surface area (Å²) in [5.41, 5.74) is 8.05. The normalized spacial score (nSPS) is 11.7. The minimum absolute atomic E-state index is 0.0637. The van der Waals surface area contributed by atoms with Gasteiger partial charge in [-0.2, -0.15) is 0 Å². The van der Waals surface area contributed by atoms with E-state index in [0.29, 0.717) is 24.1 Å². The molecule has 0 aliphatic heterocycles. The van der Waals surface area contributed by atoms with Crippen molar-refractivity contribution in [2.24, 2.45) is 11.7 Å². The van der Waals surface area contributed by atoms with Crippen molar-refractivity contribution in [1.29, 1.82) is 0 Å². The van der Waals surface area contributed by atoms with Gasteiger partial charge in [-0.25, -0.2) is 0 Å². The summed E-state index contributed by atoms with van der Waals surface area (Å²) < 4.78 is 0. The molecule has 0 radical (unpaired) electrons. The third-order valence-corrected chi connectivity index (χ3v) is 4.55. The fourth-order valence-electron chi connectivity index (χ4n) is 2.90. The highest BCUT2D eigenvalue weighted by molar-refractivity contribution is 5.98. The first-order chi connectivity index (χ1) is 13.3. The highest BCUT2D eigenvalue weighted by atomic mass is 16.2. The molecule has 0 aliphatic carbocycles. The number of benzene rings is 2. The minimum atomic E-state index is -0.635. The number of primary amides is 1. The van der Waals surface area contributed by atoms with E-state index in [4.69, 9.17) is 5.73 Å². The second-order valence-electron chi connectivity index (χ2n) is 7.12. The zero-order chi connectivity index (χ0) is 20.7. The van der Waals surface area contributed by atoms with E-state index in [-0.39, 0.29) is 17.7 Å². The van der Waals surface area contributed by atoms with Crippen LogP contribution in [-0.2, 0) is 11.2 Å². The zero-order valence-corrected chi connectivity index (χ0v) is 16.5. The van der Waals surface area contributed by atoms with Crippen molar-refractivity contribution >= 4 is 17.7 Å². The molecule has 148 valence electrons. The average Bonchev–Trinajstić information content (AvgIpc) is 2.66. The van der Waals surface area contributed by atoms with Gasteiger partial charge in [0, 0.05) is 17.7 Å². The average molecular weight is 381 g/mol. The van der Waals surface area contributed by atoms with Gasteiger partial charge >= 0.3 is 0 Å². The van der Waals surface area contributed by atoms with E-state index in [0.717, 1.165) is 11.1 Å². The number of hydrogen-bond acceptors (Lipinski definition) is 3. The molecule has 6 nitrogen and oxygen atoms in total. The van der Waals surface area contributed by atoms with Crippen LogP contribution in [-0.4, -0.2) is 30.3 Å². The number of hydrogen-bond donors (Lipinski definition) is 3. The SMILES string of the molecule is Cc1ccccc1C(=O)NC(C(=O)NCCc1cccc(C(N)=O)c1)C(C)C. The third kappa shape index (κ3) is 5.67. The van der Waals surface area contributed by atoms with Gasteiger partial charge in [0.15, 0.2) is 0 Å². The Morgan fingerprint density at radius 1 is 1.04 bits per heavy atom. The number of carbonyl (C=O) groups excluding carboxylic acids is 3. The lowest BCUT2D eigenvalue weighted by Gasteiger charge is -2.22. The molecule has 0 bridgehead atoms. The molecule has 4 N–H and O–H groups in total. The fraction of sp³-hybridized carbons (Fsp3) is 0.318. The van der Waals surface area contributed by atoms with Crippen molar-refractivity contribution < 1.29 is 14.4 Å². The molecular formula is C22H27N3O3. The van der Waals surface area contributed by atoms with Crippen LogP contribution in [0.3, 0.4) is 0 Å². The fourth-order valence-corrected chi connectivity index (χ4v) is 2.90. The number of rotatable bonds is 8. The molecule has 3 amide bonds. The summed E-state index contributed by atoms with van der Waals surface area (Å²) in [7, 11) is 0. The van der Waals surface area contributed by atoms with Gasteiger partial charge in [-0.15, -0.1) is 0 Å². The van der Waals surface area contributed by atoms with Gasteiger partial charge in [0.25, 0.3) is 5.91 Å². The Hall–Kier alpha value is -3.15. The lowest BCUT2D eigenvalue weighted by molar-refractivity contribution is -0.123. The van der Waals surface area contributed by atoms with Gasteiger partial charge in [0.2, 0.25) is 11.8 Å².